The summed E-state index contributed by atoms with van der Waals surface area (Å²) in [5.41, 5.74) is 1.77. The Kier molecular flexibility index (Phi) is 5.57. The second kappa shape index (κ2) is 8.05. The molecule has 0 saturated heterocycles. The Morgan fingerprint density at radius 1 is 1.07 bits per heavy atom. The molecule has 27 heavy (non-hydrogen) atoms. The fraction of sp³-hybridized carbons (Fsp3) is 0.150. The minimum atomic E-state index is -0.437. The molecule has 2 N–H and O–H groups in total. The van der Waals surface area contributed by atoms with E-state index in [9.17, 15) is 14.4 Å². The Hall–Kier alpha value is -3.12. The molecule has 2 amide bonds. The monoisotopic (exact) mass is 384 g/mol. The molecule has 0 aliphatic rings. The molecular weight excluding hydrogens is 368 g/mol. The minimum absolute atomic E-state index is 0.106. The number of hydrogen-bond donors (Lipinski definition) is 2. The molecule has 2 aromatic carbocycles. The van der Waals surface area contributed by atoms with Gasteiger partial charge in [0.15, 0.2) is 0 Å². The molecule has 0 fully saturated rings. The zero-order chi connectivity index (χ0) is 19.4. The van der Waals surface area contributed by atoms with Crippen molar-refractivity contribution in [3.63, 3.8) is 0 Å². The molecular formula is C20H17ClN2O4. The predicted octanol–water partition coefficient (Wildman–Crippen LogP) is 3.51. The molecule has 0 spiro atoms. The summed E-state index contributed by atoms with van der Waals surface area (Å²) in [7, 11) is 0. The molecule has 6 nitrogen and oxygen atoms in total. The van der Waals surface area contributed by atoms with E-state index in [1.54, 1.807) is 42.5 Å². The summed E-state index contributed by atoms with van der Waals surface area (Å²) in [4.78, 5) is 35.5. The van der Waals surface area contributed by atoms with E-state index in [0.29, 0.717) is 21.9 Å². The molecule has 0 saturated carbocycles. The number of carbonyl (C=O) groups excluding carboxylic acids is 2. The number of fused-ring (bicyclic) bond motifs is 1. The topological polar surface area (TPSA) is 88.4 Å². The normalized spacial score (nSPS) is 10.6. The van der Waals surface area contributed by atoms with Crippen LogP contribution in [-0.4, -0.2) is 18.4 Å². The summed E-state index contributed by atoms with van der Waals surface area (Å²) in [5, 5.41) is 6.76. The summed E-state index contributed by atoms with van der Waals surface area (Å²) in [6.45, 7) is 2.01. The standard InChI is InChI=1S/C20H17ClN2O4/c1-12-10-19(25)27-17-11-15(6-7-16(12)17)23-18(24)8-9-22-20(26)13-2-4-14(21)5-3-13/h2-7,10-11H,8-9H2,1H3,(H,22,26)(H,23,24). The SMILES string of the molecule is Cc1cc(=O)oc2cc(NC(=O)CCNC(=O)c3ccc(Cl)cc3)ccc12. The third-order valence-corrected chi connectivity index (χ3v) is 4.23. The van der Waals surface area contributed by atoms with Crippen molar-refractivity contribution >= 4 is 40.1 Å². The van der Waals surface area contributed by atoms with Crippen molar-refractivity contribution in [3.8, 4) is 0 Å². The first kappa shape index (κ1) is 18.7. The lowest BCUT2D eigenvalue weighted by molar-refractivity contribution is -0.116. The highest BCUT2D eigenvalue weighted by atomic mass is 35.5. The average molecular weight is 385 g/mol. The number of benzene rings is 2. The van der Waals surface area contributed by atoms with Crippen LogP contribution in [0.1, 0.15) is 22.3 Å². The Labute approximate surface area is 160 Å². The van der Waals surface area contributed by atoms with Crippen LogP contribution in [0.15, 0.2) is 57.7 Å². The molecule has 0 bridgehead atoms. The lowest BCUT2D eigenvalue weighted by Gasteiger charge is -2.08. The van der Waals surface area contributed by atoms with Gasteiger partial charge in [-0.2, -0.15) is 0 Å². The number of aryl methyl sites for hydroxylation is 1. The first-order chi connectivity index (χ1) is 12.9. The fourth-order valence-electron chi connectivity index (χ4n) is 2.62. The maximum atomic E-state index is 12.1. The van der Waals surface area contributed by atoms with Crippen molar-refractivity contribution in [1.29, 1.82) is 0 Å². The van der Waals surface area contributed by atoms with Gasteiger partial charge in [-0.1, -0.05) is 11.6 Å². The lowest BCUT2D eigenvalue weighted by Crippen LogP contribution is -2.27. The molecule has 7 heteroatoms. The summed E-state index contributed by atoms with van der Waals surface area (Å²) in [6, 6.07) is 13.0. The number of rotatable bonds is 5. The fourth-order valence-corrected chi connectivity index (χ4v) is 2.75. The molecule has 3 rings (SSSR count). The Morgan fingerprint density at radius 3 is 2.56 bits per heavy atom. The number of nitrogens with one attached hydrogen (secondary N) is 2. The smallest absolute Gasteiger partial charge is 0.336 e. The van der Waals surface area contributed by atoms with Gasteiger partial charge < -0.3 is 15.1 Å². The van der Waals surface area contributed by atoms with Gasteiger partial charge in [-0.25, -0.2) is 4.79 Å². The zero-order valence-corrected chi connectivity index (χ0v) is 15.3. The molecule has 0 atom stereocenters. The van der Waals surface area contributed by atoms with Crippen LogP contribution < -0.4 is 16.3 Å². The first-order valence-corrected chi connectivity index (χ1v) is 8.68. The largest absolute Gasteiger partial charge is 0.423 e. The van der Waals surface area contributed by atoms with Gasteiger partial charge in [0.05, 0.1) is 0 Å². The minimum Gasteiger partial charge on any atom is -0.423 e. The molecule has 0 aliphatic carbocycles. The highest BCUT2D eigenvalue weighted by Crippen LogP contribution is 2.20. The van der Waals surface area contributed by atoms with E-state index in [0.717, 1.165) is 10.9 Å². The summed E-state index contributed by atoms with van der Waals surface area (Å²) in [6.07, 6.45) is 0.106. The van der Waals surface area contributed by atoms with Crippen molar-refractivity contribution in [2.24, 2.45) is 0 Å². The maximum Gasteiger partial charge on any atom is 0.336 e. The number of hydrogen-bond acceptors (Lipinski definition) is 4. The number of carbonyl (C=O) groups is 2. The van der Waals surface area contributed by atoms with Crippen molar-refractivity contribution < 1.29 is 14.0 Å². The highest BCUT2D eigenvalue weighted by Gasteiger charge is 2.08. The van der Waals surface area contributed by atoms with E-state index >= 15 is 0 Å². The average Bonchev–Trinajstić information content (AvgIpc) is 2.61. The predicted molar refractivity (Wildman–Crippen MR) is 104 cm³/mol. The van der Waals surface area contributed by atoms with Crippen LogP contribution in [0, 0.1) is 6.92 Å². The third-order valence-electron chi connectivity index (χ3n) is 3.98. The second-order valence-electron chi connectivity index (χ2n) is 6.02. The molecule has 0 radical (unpaired) electrons. The van der Waals surface area contributed by atoms with Crippen LogP contribution >= 0.6 is 11.6 Å². The summed E-state index contributed by atoms with van der Waals surface area (Å²) in [5.74, 6) is -0.539. The van der Waals surface area contributed by atoms with Gasteiger partial charge in [-0.05, 0) is 48.9 Å². The summed E-state index contributed by atoms with van der Waals surface area (Å²) < 4.78 is 5.16. The van der Waals surface area contributed by atoms with Crippen molar-refractivity contribution in [3.05, 3.63) is 75.1 Å². The van der Waals surface area contributed by atoms with E-state index in [1.807, 2.05) is 6.92 Å². The molecule has 1 heterocycles. The van der Waals surface area contributed by atoms with Crippen molar-refractivity contribution in [2.75, 3.05) is 11.9 Å². The number of halogens is 1. The van der Waals surface area contributed by atoms with Crippen LogP contribution in [0.2, 0.25) is 5.02 Å². The van der Waals surface area contributed by atoms with Crippen LogP contribution in [-0.2, 0) is 4.79 Å². The van der Waals surface area contributed by atoms with E-state index in [2.05, 4.69) is 10.6 Å². The van der Waals surface area contributed by atoms with Gasteiger partial charge in [0.1, 0.15) is 5.58 Å². The van der Waals surface area contributed by atoms with Crippen LogP contribution in [0.3, 0.4) is 0 Å². The molecule has 0 aliphatic heterocycles. The second-order valence-corrected chi connectivity index (χ2v) is 6.46. The van der Waals surface area contributed by atoms with E-state index in [1.165, 1.54) is 6.07 Å². The Morgan fingerprint density at radius 2 is 1.81 bits per heavy atom. The van der Waals surface area contributed by atoms with E-state index < -0.39 is 5.63 Å². The van der Waals surface area contributed by atoms with Crippen LogP contribution in [0.5, 0.6) is 0 Å². The maximum absolute atomic E-state index is 12.1. The van der Waals surface area contributed by atoms with Crippen LogP contribution in [0.4, 0.5) is 5.69 Å². The molecule has 1 aromatic heterocycles. The van der Waals surface area contributed by atoms with Crippen molar-refractivity contribution in [1.82, 2.24) is 5.32 Å². The van der Waals surface area contributed by atoms with Gasteiger partial charge in [0, 0.05) is 46.8 Å². The summed E-state index contributed by atoms with van der Waals surface area (Å²) >= 11 is 5.78. The molecule has 3 aromatic rings. The highest BCUT2D eigenvalue weighted by molar-refractivity contribution is 6.30. The van der Waals surface area contributed by atoms with Gasteiger partial charge >= 0.3 is 5.63 Å². The van der Waals surface area contributed by atoms with Crippen molar-refractivity contribution in [2.45, 2.75) is 13.3 Å². The zero-order valence-electron chi connectivity index (χ0n) is 14.5. The van der Waals surface area contributed by atoms with Gasteiger partial charge in [-0.15, -0.1) is 0 Å². The quantitative estimate of drug-likeness (QED) is 0.659. The van der Waals surface area contributed by atoms with E-state index in [4.69, 9.17) is 16.0 Å². The number of amides is 2. The first-order valence-electron chi connectivity index (χ1n) is 8.30. The lowest BCUT2D eigenvalue weighted by atomic mass is 10.1. The van der Waals surface area contributed by atoms with E-state index in [-0.39, 0.29) is 24.8 Å². The van der Waals surface area contributed by atoms with Gasteiger partial charge in [0.2, 0.25) is 5.91 Å². The van der Waals surface area contributed by atoms with Crippen LogP contribution in [0.25, 0.3) is 11.0 Å². The Bertz CT molecular complexity index is 1060. The van der Waals surface area contributed by atoms with Gasteiger partial charge in [-0.3, -0.25) is 9.59 Å². The molecule has 138 valence electrons. The number of anilines is 1. The van der Waals surface area contributed by atoms with Gasteiger partial charge in [0.25, 0.3) is 5.91 Å². The molecule has 0 unspecified atom stereocenters. The third kappa shape index (κ3) is 4.74. The Balaban J connectivity index is 1.56.